The van der Waals surface area contributed by atoms with Crippen molar-refractivity contribution in [1.82, 2.24) is 4.98 Å². The van der Waals surface area contributed by atoms with Crippen molar-refractivity contribution in [2.75, 3.05) is 23.9 Å². The van der Waals surface area contributed by atoms with E-state index in [-0.39, 0.29) is 17.6 Å². The predicted molar refractivity (Wildman–Crippen MR) is 108 cm³/mol. The number of benzene rings is 2. The number of halogens is 1. The smallest absolute Gasteiger partial charge is 0.243 e. The number of aromatic nitrogens is 1. The van der Waals surface area contributed by atoms with E-state index in [4.69, 9.17) is 16.3 Å². The molecule has 27 heavy (non-hydrogen) atoms. The van der Waals surface area contributed by atoms with Gasteiger partial charge in [0.25, 0.3) is 0 Å². The maximum absolute atomic E-state index is 12.6. The highest BCUT2D eigenvalue weighted by atomic mass is 35.5. The molecule has 0 aliphatic rings. The fourth-order valence-corrected chi connectivity index (χ4v) is 2.84. The number of carbonyl (C=O) groups is 1. The van der Waals surface area contributed by atoms with Gasteiger partial charge in [0.1, 0.15) is 5.75 Å². The number of ether oxygens (including phenoxy) is 1. The van der Waals surface area contributed by atoms with E-state index < -0.39 is 0 Å². The van der Waals surface area contributed by atoms with Crippen LogP contribution in [0, 0.1) is 0 Å². The Bertz CT molecular complexity index is 885. The van der Waals surface area contributed by atoms with E-state index in [0.29, 0.717) is 12.2 Å². The highest BCUT2D eigenvalue weighted by Crippen LogP contribution is 2.22. The maximum Gasteiger partial charge on any atom is 0.243 e. The Morgan fingerprint density at radius 3 is 2.48 bits per heavy atom. The second-order valence-electron chi connectivity index (χ2n) is 5.93. The average Bonchev–Trinajstić information content (AvgIpc) is 2.70. The minimum atomic E-state index is -0.170. The Morgan fingerprint density at radius 1 is 1.07 bits per heavy atom. The van der Waals surface area contributed by atoms with Gasteiger partial charge in [0.05, 0.1) is 19.3 Å². The molecule has 0 spiro atoms. The summed E-state index contributed by atoms with van der Waals surface area (Å²) in [4.78, 5) is 18.6. The first kappa shape index (κ1) is 18.7. The summed E-state index contributed by atoms with van der Waals surface area (Å²) in [6, 6.07) is 21.1. The molecule has 1 heterocycles. The summed E-state index contributed by atoms with van der Waals surface area (Å²) in [5, 5.41) is 3.09. The number of rotatable bonds is 7. The summed E-state index contributed by atoms with van der Waals surface area (Å²) in [5.41, 5.74) is 2.53. The topological polar surface area (TPSA) is 54.5 Å². The van der Waals surface area contributed by atoms with Gasteiger partial charge >= 0.3 is 0 Å². The molecule has 0 saturated carbocycles. The van der Waals surface area contributed by atoms with Gasteiger partial charge in [-0.05, 0) is 42.0 Å². The molecule has 0 fully saturated rings. The normalized spacial score (nSPS) is 10.3. The summed E-state index contributed by atoms with van der Waals surface area (Å²) >= 11 is 6.03. The summed E-state index contributed by atoms with van der Waals surface area (Å²) in [6.07, 6.45) is 1.58. The third-order valence-electron chi connectivity index (χ3n) is 4.02. The standard InChI is InChI=1S/C21H20ClN3O2/c1-27-18-11-9-17(10-12-18)25(14-16-6-3-2-4-7-16)15-20(26)24-19-8-5-13-23-21(19)22/h2-13H,14-15H2,1H3,(H,24,26). The van der Waals surface area contributed by atoms with Crippen LogP contribution in [0.1, 0.15) is 5.56 Å². The number of hydrogen-bond acceptors (Lipinski definition) is 4. The van der Waals surface area contributed by atoms with E-state index in [0.717, 1.165) is 17.0 Å². The van der Waals surface area contributed by atoms with Crippen LogP contribution in [-0.4, -0.2) is 24.5 Å². The van der Waals surface area contributed by atoms with E-state index >= 15 is 0 Å². The first-order valence-electron chi connectivity index (χ1n) is 8.49. The van der Waals surface area contributed by atoms with Gasteiger partial charge in [-0.25, -0.2) is 4.98 Å². The highest BCUT2D eigenvalue weighted by Gasteiger charge is 2.14. The minimum absolute atomic E-state index is 0.170. The summed E-state index contributed by atoms with van der Waals surface area (Å²) in [6.45, 7) is 0.772. The molecule has 1 aromatic heterocycles. The molecule has 1 N–H and O–H groups in total. The average molecular weight is 382 g/mol. The van der Waals surface area contributed by atoms with Crippen molar-refractivity contribution in [1.29, 1.82) is 0 Å². The fourth-order valence-electron chi connectivity index (χ4n) is 2.68. The van der Waals surface area contributed by atoms with Crippen LogP contribution in [0.25, 0.3) is 0 Å². The molecule has 0 unspecified atom stereocenters. The van der Waals surface area contributed by atoms with Crippen molar-refractivity contribution < 1.29 is 9.53 Å². The lowest BCUT2D eigenvalue weighted by atomic mass is 10.2. The van der Waals surface area contributed by atoms with Crippen LogP contribution in [0.2, 0.25) is 5.15 Å². The lowest BCUT2D eigenvalue weighted by Crippen LogP contribution is -2.33. The Balaban J connectivity index is 1.78. The molecule has 0 aliphatic carbocycles. The second kappa shape index (κ2) is 9.05. The van der Waals surface area contributed by atoms with Crippen LogP contribution < -0.4 is 15.0 Å². The molecule has 0 atom stereocenters. The maximum atomic E-state index is 12.6. The molecule has 6 heteroatoms. The highest BCUT2D eigenvalue weighted by molar-refractivity contribution is 6.32. The van der Waals surface area contributed by atoms with Gasteiger partial charge in [0, 0.05) is 18.4 Å². The Morgan fingerprint density at radius 2 is 1.81 bits per heavy atom. The number of nitrogens with one attached hydrogen (secondary N) is 1. The predicted octanol–water partition coefficient (Wildman–Crippen LogP) is 4.39. The van der Waals surface area contributed by atoms with Crippen LogP contribution in [-0.2, 0) is 11.3 Å². The number of nitrogens with zero attached hydrogens (tertiary/aromatic N) is 2. The van der Waals surface area contributed by atoms with Gasteiger partial charge < -0.3 is 15.0 Å². The third kappa shape index (κ3) is 5.21. The van der Waals surface area contributed by atoms with E-state index in [1.807, 2.05) is 59.5 Å². The first-order valence-corrected chi connectivity index (χ1v) is 8.87. The molecule has 3 aromatic rings. The van der Waals surface area contributed by atoms with Crippen LogP contribution >= 0.6 is 11.6 Å². The molecule has 0 radical (unpaired) electrons. The number of methoxy groups -OCH3 is 1. The van der Waals surface area contributed by atoms with E-state index in [1.54, 1.807) is 25.4 Å². The van der Waals surface area contributed by atoms with Crippen molar-refractivity contribution in [3.8, 4) is 5.75 Å². The number of hydrogen-bond donors (Lipinski definition) is 1. The van der Waals surface area contributed by atoms with Crippen molar-refractivity contribution in [2.45, 2.75) is 6.54 Å². The van der Waals surface area contributed by atoms with E-state index in [9.17, 15) is 4.79 Å². The van der Waals surface area contributed by atoms with Gasteiger partial charge in [-0.2, -0.15) is 0 Å². The van der Waals surface area contributed by atoms with Crippen molar-refractivity contribution >= 4 is 28.9 Å². The first-order chi connectivity index (χ1) is 13.2. The minimum Gasteiger partial charge on any atom is -0.497 e. The molecular formula is C21H20ClN3O2. The number of carbonyl (C=O) groups excluding carboxylic acids is 1. The van der Waals surface area contributed by atoms with Crippen LogP contribution in [0.4, 0.5) is 11.4 Å². The molecule has 3 rings (SSSR count). The van der Waals surface area contributed by atoms with Gasteiger partial charge in [0.15, 0.2) is 5.15 Å². The van der Waals surface area contributed by atoms with Gasteiger partial charge in [-0.15, -0.1) is 0 Å². The zero-order valence-corrected chi connectivity index (χ0v) is 15.7. The van der Waals surface area contributed by atoms with Crippen molar-refractivity contribution in [3.05, 3.63) is 83.6 Å². The SMILES string of the molecule is COc1ccc(N(CC(=O)Nc2cccnc2Cl)Cc2ccccc2)cc1. The van der Waals surface area contributed by atoms with Crippen LogP contribution in [0.15, 0.2) is 72.9 Å². The Kier molecular flexibility index (Phi) is 6.28. The van der Waals surface area contributed by atoms with Crippen molar-refractivity contribution in [2.24, 2.45) is 0 Å². The third-order valence-corrected chi connectivity index (χ3v) is 4.32. The summed E-state index contributed by atoms with van der Waals surface area (Å²) < 4.78 is 5.22. The zero-order chi connectivity index (χ0) is 19.1. The number of amides is 1. The van der Waals surface area contributed by atoms with E-state index in [2.05, 4.69) is 10.3 Å². The second-order valence-corrected chi connectivity index (χ2v) is 6.29. The van der Waals surface area contributed by atoms with Crippen molar-refractivity contribution in [3.63, 3.8) is 0 Å². The zero-order valence-electron chi connectivity index (χ0n) is 14.9. The quantitative estimate of drug-likeness (QED) is 0.617. The molecule has 2 aromatic carbocycles. The largest absolute Gasteiger partial charge is 0.497 e. The molecule has 0 aliphatic heterocycles. The number of anilines is 2. The lowest BCUT2D eigenvalue weighted by molar-refractivity contribution is -0.115. The molecule has 5 nitrogen and oxygen atoms in total. The fraction of sp³-hybridized carbons (Fsp3) is 0.143. The van der Waals surface area contributed by atoms with Crippen LogP contribution in [0.5, 0.6) is 5.75 Å². The monoisotopic (exact) mass is 381 g/mol. The molecule has 0 bridgehead atoms. The molecule has 138 valence electrons. The molecule has 1 amide bonds. The lowest BCUT2D eigenvalue weighted by Gasteiger charge is -2.25. The van der Waals surface area contributed by atoms with E-state index in [1.165, 1.54) is 0 Å². The summed E-state index contributed by atoms with van der Waals surface area (Å²) in [7, 11) is 1.63. The molecular weight excluding hydrogens is 362 g/mol. The summed E-state index contributed by atoms with van der Waals surface area (Å²) in [5.74, 6) is 0.599. The van der Waals surface area contributed by atoms with Crippen LogP contribution in [0.3, 0.4) is 0 Å². The van der Waals surface area contributed by atoms with Gasteiger partial charge in [-0.1, -0.05) is 41.9 Å². The Labute approximate surface area is 163 Å². The van der Waals surface area contributed by atoms with Gasteiger partial charge in [-0.3, -0.25) is 4.79 Å². The van der Waals surface area contributed by atoms with Gasteiger partial charge in [0.2, 0.25) is 5.91 Å². The Hall–Kier alpha value is -3.05. The number of pyridine rings is 1. The molecule has 0 saturated heterocycles.